The van der Waals surface area contributed by atoms with E-state index in [-0.39, 0.29) is 31.3 Å². The predicted molar refractivity (Wildman–Crippen MR) is 139 cm³/mol. The number of carbonyl (C=O) groups excluding carboxylic acids is 3. The number of carboxylic acid groups (broad SMARTS) is 1. The number of carbonyl (C=O) groups is 4. The van der Waals surface area contributed by atoms with Gasteiger partial charge in [0.25, 0.3) is 0 Å². The Kier molecular flexibility index (Phi) is 10.9. The van der Waals surface area contributed by atoms with Crippen LogP contribution in [0.15, 0.2) is 35.5 Å². The second kappa shape index (κ2) is 13.8. The highest BCUT2D eigenvalue weighted by Crippen LogP contribution is 2.19. The van der Waals surface area contributed by atoms with E-state index in [1.165, 1.54) is 0 Å². The van der Waals surface area contributed by atoms with Crippen LogP contribution in [-0.2, 0) is 25.6 Å². The van der Waals surface area contributed by atoms with Crippen LogP contribution in [0.3, 0.4) is 0 Å². The van der Waals surface area contributed by atoms with Gasteiger partial charge in [0.1, 0.15) is 18.6 Å². The summed E-state index contributed by atoms with van der Waals surface area (Å²) in [7, 11) is 0. The first-order valence-electron chi connectivity index (χ1n) is 12.0. The average Bonchev–Trinajstić information content (AvgIpc) is 3.25. The standard InChI is InChI=1S/C24H36N8O5/c1-13(2)20(25)23(37)31-17(8-5-9-28-24(26)27)22(36)32-18(21(35)30-12-19(33)34)10-14-11-29-16-7-4-3-6-15(14)16/h3-4,6-7,11,13,17-18,20,29H,5,8-10,12,25H2,1-2H3,(H,30,35)(H,31,37)(H,32,36)(H,33,34)(H4,26,27,28). The van der Waals surface area contributed by atoms with Crippen LogP contribution in [0.4, 0.5) is 0 Å². The van der Waals surface area contributed by atoms with Gasteiger partial charge < -0.3 is 43.2 Å². The lowest BCUT2D eigenvalue weighted by atomic mass is 10.0. The maximum Gasteiger partial charge on any atom is 0.322 e. The predicted octanol–water partition coefficient (Wildman–Crippen LogP) is -1.08. The topological polar surface area (TPSA) is 231 Å². The highest BCUT2D eigenvalue weighted by atomic mass is 16.4. The number of hydrogen-bond donors (Lipinski definition) is 8. The molecular weight excluding hydrogens is 480 g/mol. The van der Waals surface area contributed by atoms with Crippen LogP contribution in [-0.4, -0.2) is 71.0 Å². The quantitative estimate of drug-likeness (QED) is 0.0871. The minimum absolute atomic E-state index is 0.0847. The molecule has 0 spiro atoms. The van der Waals surface area contributed by atoms with Crippen molar-refractivity contribution in [1.29, 1.82) is 0 Å². The largest absolute Gasteiger partial charge is 0.480 e. The van der Waals surface area contributed by atoms with E-state index in [9.17, 15) is 19.2 Å². The molecule has 0 aliphatic heterocycles. The Hall–Kier alpha value is -4.13. The molecule has 2 rings (SSSR count). The van der Waals surface area contributed by atoms with Crippen molar-refractivity contribution in [2.75, 3.05) is 13.1 Å². The smallest absolute Gasteiger partial charge is 0.322 e. The molecule has 0 fully saturated rings. The van der Waals surface area contributed by atoms with Gasteiger partial charge in [-0.1, -0.05) is 32.0 Å². The van der Waals surface area contributed by atoms with Crippen molar-refractivity contribution in [3.8, 4) is 0 Å². The third-order valence-corrected chi connectivity index (χ3v) is 5.75. The Morgan fingerprint density at radius 3 is 2.35 bits per heavy atom. The van der Waals surface area contributed by atoms with Gasteiger partial charge >= 0.3 is 5.97 Å². The third kappa shape index (κ3) is 9.11. The lowest BCUT2D eigenvalue weighted by Crippen LogP contribution is -2.57. The number of carboxylic acids is 1. The van der Waals surface area contributed by atoms with Gasteiger partial charge in [-0.25, -0.2) is 0 Å². The van der Waals surface area contributed by atoms with Gasteiger partial charge in [0.2, 0.25) is 17.7 Å². The SMILES string of the molecule is CC(C)C(N)C(=O)NC(CCCN=C(N)N)C(=O)NC(Cc1c[nH]c2ccccc12)C(=O)NCC(=O)O. The summed E-state index contributed by atoms with van der Waals surface area (Å²) in [6, 6.07) is 4.48. The van der Waals surface area contributed by atoms with Crippen molar-refractivity contribution < 1.29 is 24.3 Å². The summed E-state index contributed by atoms with van der Waals surface area (Å²) in [6.07, 6.45) is 2.35. The summed E-state index contributed by atoms with van der Waals surface area (Å²) >= 11 is 0. The molecule has 3 atom stereocenters. The van der Waals surface area contributed by atoms with E-state index in [4.69, 9.17) is 22.3 Å². The Bertz CT molecular complexity index is 1130. The van der Waals surface area contributed by atoms with Gasteiger partial charge in [0.05, 0.1) is 6.04 Å². The first kappa shape index (κ1) is 29.1. The number of fused-ring (bicyclic) bond motifs is 1. The van der Waals surface area contributed by atoms with Crippen LogP contribution in [0.2, 0.25) is 0 Å². The zero-order chi connectivity index (χ0) is 27.5. The van der Waals surface area contributed by atoms with Crippen LogP contribution >= 0.6 is 0 Å². The molecule has 1 heterocycles. The number of aromatic amines is 1. The number of benzene rings is 1. The number of rotatable bonds is 14. The van der Waals surface area contributed by atoms with Gasteiger partial charge in [-0.2, -0.15) is 0 Å². The average molecular weight is 517 g/mol. The molecule has 2 aromatic rings. The molecule has 3 amide bonds. The molecule has 1 aromatic heterocycles. The number of aliphatic imine (C=N–C) groups is 1. The molecule has 11 N–H and O–H groups in total. The van der Waals surface area contributed by atoms with E-state index in [0.29, 0.717) is 6.42 Å². The molecule has 0 radical (unpaired) electrons. The van der Waals surface area contributed by atoms with E-state index >= 15 is 0 Å². The molecule has 0 aliphatic rings. The van der Waals surface area contributed by atoms with Crippen LogP contribution < -0.4 is 33.2 Å². The number of para-hydroxylation sites is 1. The van der Waals surface area contributed by atoms with Crippen molar-refractivity contribution in [3.05, 3.63) is 36.0 Å². The fourth-order valence-electron chi connectivity index (χ4n) is 3.63. The van der Waals surface area contributed by atoms with Crippen molar-refractivity contribution in [3.63, 3.8) is 0 Å². The van der Waals surface area contributed by atoms with E-state index in [2.05, 4.69) is 25.9 Å². The Morgan fingerprint density at radius 1 is 1.03 bits per heavy atom. The van der Waals surface area contributed by atoms with Crippen LogP contribution in [0.25, 0.3) is 10.9 Å². The summed E-state index contributed by atoms with van der Waals surface area (Å²) in [4.78, 5) is 56.8. The van der Waals surface area contributed by atoms with Gasteiger partial charge in [0, 0.05) is 30.1 Å². The number of guanidine groups is 1. The molecule has 37 heavy (non-hydrogen) atoms. The molecule has 0 saturated carbocycles. The van der Waals surface area contributed by atoms with Gasteiger partial charge in [0.15, 0.2) is 5.96 Å². The normalized spacial score (nSPS) is 13.4. The molecule has 13 heteroatoms. The van der Waals surface area contributed by atoms with Crippen LogP contribution in [0, 0.1) is 5.92 Å². The van der Waals surface area contributed by atoms with Gasteiger partial charge in [-0.15, -0.1) is 0 Å². The third-order valence-electron chi connectivity index (χ3n) is 5.75. The Balaban J connectivity index is 2.25. The minimum atomic E-state index is -1.22. The van der Waals surface area contributed by atoms with Gasteiger partial charge in [-0.3, -0.25) is 24.2 Å². The van der Waals surface area contributed by atoms with Crippen LogP contribution in [0.5, 0.6) is 0 Å². The summed E-state index contributed by atoms with van der Waals surface area (Å²) in [5.74, 6) is -3.30. The maximum absolute atomic E-state index is 13.3. The molecule has 0 bridgehead atoms. The molecule has 13 nitrogen and oxygen atoms in total. The second-order valence-corrected chi connectivity index (χ2v) is 9.02. The van der Waals surface area contributed by atoms with Crippen molar-refractivity contribution in [2.45, 2.75) is 51.2 Å². The lowest BCUT2D eigenvalue weighted by molar-refractivity contribution is -0.138. The zero-order valence-electron chi connectivity index (χ0n) is 21.0. The molecule has 202 valence electrons. The number of nitrogens with one attached hydrogen (secondary N) is 4. The monoisotopic (exact) mass is 516 g/mol. The summed E-state index contributed by atoms with van der Waals surface area (Å²) < 4.78 is 0. The Labute approximate surface area is 214 Å². The number of H-pyrrole nitrogens is 1. The summed E-state index contributed by atoms with van der Waals surface area (Å²) in [5.41, 5.74) is 18.2. The number of nitrogens with two attached hydrogens (primary N) is 3. The fourth-order valence-corrected chi connectivity index (χ4v) is 3.63. The number of nitrogens with zero attached hydrogens (tertiary/aromatic N) is 1. The molecule has 3 unspecified atom stereocenters. The molecular formula is C24H36N8O5. The maximum atomic E-state index is 13.3. The summed E-state index contributed by atoms with van der Waals surface area (Å²) in [6.45, 7) is 3.18. The summed E-state index contributed by atoms with van der Waals surface area (Å²) in [5, 5.41) is 17.5. The number of hydrogen-bond acceptors (Lipinski definition) is 6. The fraction of sp³-hybridized carbons (Fsp3) is 0.458. The number of aliphatic carboxylic acids is 1. The van der Waals surface area contributed by atoms with E-state index in [0.717, 1.165) is 16.5 Å². The lowest BCUT2D eigenvalue weighted by Gasteiger charge is -2.25. The van der Waals surface area contributed by atoms with E-state index in [1.807, 2.05) is 24.3 Å². The first-order chi connectivity index (χ1) is 17.5. The highest BCUT2D eigenvalue weighted by molar-refractivity contribution is 5.94. The van der Waals surface area contributed by atoms with Crippen molar-refractivity contribution >= 4 is 40.6 Å². The van der Waals surface area contributed by atoms with E-state index < -0.39 is 48.4 Å². The minimum Gasteiger partial charge on any atom is -0.480 e. The molecule has 0 saturated heterocycles. The molecule has 0 aliphatic carbocycles. The molecule has 1 aromatic carbocycles. The van der Waals surface area contributed by atoms with Crippen molar-refractivity contribution in [1.82, 2.24) is 20.9 Å². The zero-order valence-corrected chi connectivity index (χ0v) is 21.0. The Morgan fingerprint density at radius 2 is 1.70 bits per heavy atom. The second-order valence-electron chi connectivity index (χ2n) is 9.02. The van der Waals surface area contributed by atoms with Gasteiger partial charge in [-0.05, 0) is 30.4 Å². The number of amides is 3. The highest BCUT2D eigenvalue weighted by Gasteiger charge is 2.29. The van der Waals surface area contributed by atoms with E-state index in [1.54, 1.807) is 20.0 Å². The van der Waals surface area contributed by atoms with Crippen molar-refractivity contribution in [2.24, 2.45) is 28.1 Å². The number of aromatic nitrogens is 1. The first-order valence-corrected chi connectivity index (χ1v) is 12.0. The van der Waals surface area contributed by atoms with Crippen LogP contribution in [0.1, 0.15) is 32.3 Å².